The van der Waals surface area contributed by atoms with E-state index in [-0.39, 0.29) is 24.0 Å². The van der Waals surface area contributed by atoms with Crippen LogP contribution in [0.5, 0.6) is 23.3 Å². The van der Waals surface area contributed by atoms with Crippen molar-refractivity contribution in [2.45, 2.75) is 84.7 Å². The second-order valence-corrected chi connectivity index (χ2v) is 22.7. The molecule has 10 rings (SSSR count). The number of aromatic nitrogens is 5. The summed E-state index contributed by atoms with van der Waals surface area (Å²) in [6.07, 6.45) is 0.280. The smallest absolute Gasteiger partial charge is 0.410 e. The largest absolute Gasteiger partial charge is 0.492 e. The number of nitrogens with zero attached hydrogens (tertiary/aromatic N) is 9. The molecule has 3 aliphatic rings. The van der Waals surface area contributed by atoms with Crippen LogP contribution in [0.15, 0.2) is 109 Å². The Balaban J connectivity index is 0.000000210. The normalized spacial score (nSPS) is 16.3. The molecule has 0 spiro atoms. The van der Waals surface area contributed by atoms with Crippen LogP contribution in [0.25, 0.3) is 33.1 Å². The fourth-order valence-electron chi connectivity index (χ4n) is 9.89. The molecule has 20 nitrogen and oxygen atoms in total. The molecule has 20 heteroatoms. The van der Waals surface area contributed by atoms with Gasteiger partial charge in [-0.15, -0.1) is 0 Å². The van der Waals surface area contributed by atoms with Crippen molar-refractivity contribution < 1.29 is 47.6 Å². The van der Waals surface area contributed by atoms with Crippen molar-refractivity contribution in [3.05, 3.63) is 126 Å². The Morgan fingerprint density at radius 3 is 1.61 bits per heavy atom. The highest BCUT2D eigenvalue weighted by atomic mass is 16.6. The van der Waals surface area contributed by atoms with Crippen LogP contribution in [0.4, 0.5) is 9.59 Å². The summed E-state index contributed by atoms with van der Waals surface area (Å²) in [6, 6.07) is 35.6. The van der Waals surface area contributed by atoms with Gasteiger partial charge < -0.3 is 38.2 Å². The number of ether oxygens (including phenoxy) is 6. The van der Waals surface area contributed by atoms with E-state index in [2.05, 4.69) is 20.2 Å². The first-order chi connectivity index (χ1) is 39.3. The minimum Gasteiger partial charge on any atom is -0.492 e. The van der Waals surface area contributed by atoms with Crippen LogP contribution in [0.2, 0.25) is 0 Å². The number of imide groups is 1. The average Bonchev–Trinajstić information content (AvgIpc) is 4.07. The molecule has 3 saturated heterocycles. The Morgan fingerprint density at radius 2 is 1.09 bits per heavy atom. The van der Waals surface area contributed by atoms with Gasteiger partial charge in [-0.1, -0.05) is 60.7 Å². The predicted molar refractivity (Wildman–Crippen MR) is 311 cm³/mol. The third-order valence-corrected chi connectivity index (χ3v) is 14.2. The number of carbonyl (C=O) groups excluding carboxylic acids is 4. The van der Waals surface area contributed by atoms with E-state index in [4.69, 9.17) is 38.5 Å². The minimum absolute atomic E-state index is 0.233. The number of pyridine rings is 1. The molecule has 0 bridgehead atoms. The molecular formula is C62H76N10O10. The Bertz CT molecular complexity index is 3320. The Labute approximate surface area is 479 Å². The number of fused-ring (bicyclic) bond motifs is 2. The zero-order valence-corrected chi connectivity index (χ0v) is 48.4. The van der Waals surface area contributed by atoms with Gasteiger partial charge in [-0.2, -0.15) is 15.2 Å². The first-order valence-electron chi connectivity index (χ1n) is 28.1. The average molecular weight is 1120 g/mol. The summed E-state index contributed by atoms with van der Waals surface area (Å²) in [7, 11) is 3.76. The lowest BCUT2D eigenvalue weighted by atomic mass is 9.93. The van der Waals surface area contributed by atoms with Gasteiger partial charge in [0.1, 0.15) is 54.8 Å². The summed E-state index contributed by atoms with van der Waals surface area (Å²) in [4.78, 5) is 61.2. The van der Waals surface area contributed by atoms with Crippen molar-refractivity contribution in [3.63, 3.8) is 0 Å². The summed E-state index contributed by atoms with van der Waals surface area (Å²) >= 11 is 0. The molecule has 1 unspecified atom stereocenters. The van der Waals surface area contributed by atoms with Crippen LogP contribution in [0.1, 0.15) is 77.1 Å². The topological polar surface area (TPSA) is 197 Å². The van der Waals surface area contributed by atoms with Gasteiger partial charge in [0.05, 0.1) is 28.2 Å². The molecule has 7 aromatic rings. The van der Waals surface area contributed by atoms with Gasteiger partial charge in [0.25, 0.3) is 0 Å². The van der Waals surface area contributed by atoms with Crippen LogP contribution in [0, 0.1) is 0 Å². The number of hydrogen-bond donors (Lipinski definition) is 1. The number of benzene rings is 4. The lowest BCUT2D eigenvalue weighted by Crippen LogP contribution is -2.50. The highest BCUT2D eigenvalue weighted by Crippen LogP contribution is 2.37. The standard InChI is InChI=1S/C38H43N5O5.C24H33N5O5/c1-38(2,3)48-37(44)43-21-19-42(20-22-43)23-24-45-30-15-16-31-33(25-30)41(4)40-35(31)32-17-18-34(46-26-28-11-7-5-8-12-28)39-36(32)47-27-29-13-9-6-10-14-29;1-24(2,3)34-23(32)29-11-9-28(10-12-29)13-14-33-16-5-6-17-19(15-16)27(4)26-21(17)18-7-8-20(30)25-22(18)31/h5-18,25H,19-24,26-27H2,1-4H3;5-6,15,18H,7-14H2,1-4H3,(H,25,30,31). The molecule has 0 aliphatic carbocycles. The molecule has 0 radical (unpaired) electrons. The Kier molecular flexibility index (Phi) is 18.6. The van der Waals surface area contributed by atoms with E-state index in [0.29, 0.717) is 82.9 Å². The molecule has 0 saturated carbocycles. The fraction of sp³-hybridized carbons (Fsp3) is 0.435. The van der Waals surface area contributed by atoms with Gasteiger partial charge in [-0.3, -0.25) is 34.1 Å². The van der Waals surface area contributed by atoms with Crippen molar-refractivity contribution >= 4 is 45.8 Å². The minimum atomic E-state index is -0.491. The molecule has 4 aromatic carbocycles. The summed E-state index contributed by atoms with van der Waals surface area (Å²) in [6.45, 7) is 20.3. The number of piperidine rings is 1. The van der Waals surface area contributed by atoms with Gasteiger partial charge in [-0.25, -0.2) is 9.59 Å². The van der Waals surface area contributed by atoms with Crippen molar-refractivity contribution in [2.75, 3.05) is 78.7 Å². The van der Waals surface area contributed by atoms with Crippen molar-refractivity contribution in [3.8, 4) is 34.5 Å². The molecule has 1 N–H and O–H groups in total. The van der Waals surface area contributed by atoms with Crippen molar-refractivity contribution in [2.24, 2.45) is 14.1 Å². The van der Waals surface area contributed by atoms with Gasteiger partial charge in [-0.05, 0) is 89.4 Å². The Morgan fingerprint density at radius 1 is 0.585 bits per heavy atom. The number of aryl methyl sites for hydroxylation is 2. The second kappa shape index (κ2) is 26.1. The van der Waals surface area contributed by atoms with Gasteiger partial charge >= 0.3 is 12.2 Å². The molecule has 4 amide bonds. The van der Waals surface area contributed by atoms with Gasteiger partial charge in [0.15, 0.2) is 0 Å². The number of nitrogens with one attached hydrogen (secondary N) is 1. The predicted octanol–water partition coefficient (Wildman–Crippen LogP) is 8.75. The lowest BCUT2D eigenvalue weighted by molar-refractivity contribution is -0.134. The number of piperazine rings is 2. The quantitative estimate of drug-likeness (QED) is 0.0901. The van der Waals surface area contributed by atoms with Crippen molar-refractivity contribution in [1.29, 1.82) is 0 Å². The zero-order valence-electron chi connectivity index (χ0n) is 48.4. The summed E-state index contributed by atoms with van der Waals surface area (Å²) in [5.41, 5.74) is 5.18. The van der Waals surface area contributed by atoms with E-state index in [0.717, 1.165) is 95.0 Å². The van der Waals surface area contributed by atoms with E-state index in [9.17, 15) is 19.2 Å². The van der Waals surface area contributed by atoms with Crippen LogP contribution in [-0.2, 0) is 46.4 Å². The maximum atomic E-state index is 12.4. The third-order valence-electron chi connectivity index (χ3n) is 14.2. The van der Waals surface area contributed by atoms with Crippen LogP contribution in [-0.4, -0.2) is 158 Å². The fourth-order valence-corrected chi connectivity index (χ4v) is 9.89. The number of rotatable bonds is 16. The molecule has 1 atom stereocenters. The van der Waals surface area contributed by atoms with E-state index < -0.39 is 17.1 Å². The summed E-state index contributed by atoms with van der Waals surface area (Å²) in [5, 5.41) is 13.7. The number of carbonyl (C=O) groups is 4. The molecule has 3 fully saturated rings. The van der Waals surface area contributed by atoms with Crippen molar-refractivity contribution in [1.82, 2.24) is 49.5 Å². The maximum Gasteiger partial charge on any atom is 0.410 e. The zero-order chi connectivity index (χ0) is 58.0. The van der Waals surface area contributed by atoms with Crippen LogP contribution >= 0.6 is 0 Å². The monoisotopic (exact) mass is 1120 g/mol. The van der Waals surface area contributed by atoms with E-state index in [1.54, 1.807) is 14.5 Å². The van der Waals surface area contributed by atoms with Gasteiger partial charge in [0.2, 0.25) is 23.6 Å². The molecule has 3 aliphatic heterocycles. The SMILES string of the molecule is Cn1nc(-c2ccc(OCc3ccccc3)nc2OCc2ccccc2)c2ccc(OCCN3CCN(C(=O)OC(C)(C)C)CC3)cc21.Cn1nc(C2CCC(=O)NC2=O)c2ccc(OCCN3CCN(C(=O)OC(C)(C)C)CC3)cc21. The van der Waals surface area contributed by atoms with Crippen LogP contribution in [0.3, 0.4) is 0 Å². The molecule has 434 valence electrons. The maximum absolute atomic E-state index is 12.4. The third kappa shape index (κ3) is 15.6. The first kappa shape index (κ1) is 58.4. The summed E-state index contributed by atoms with van der Waals surface area (Å²) < 4.78 is 39.1. The second-order valence-electron chi connectivity index (χ2n) is 22.7. The first-order valence-corrected chi connectivity index (χ1v) is 28.1. The van der Waals surface area contributed by atoms with Gasteiger partial charge in [0, 0.05) is 115 Å². The molecular weight excluding hydrogens is 1040 g/mol. The number of hydrogen-bond acceptors (Lipinski definition) is 15. The molecule has 3 aromatic heterocycles. The van der Waals surface area contributed by atoms with E-state index >= 15 is 0 Å². The van der Waals surface area contributed by atoms with E-state index in [1.165, 1.54) is 0 Å². The highest BCUT2D eigenvalue weighted by molar-refractivity contribution is 6.02. The highest BCUT2D eigenvalue weighted by Gasteiger charge is 2.32. The molecule has 82 heavy (non-hydrogen) atoms. The van der Waals surface area contributed by atoms with Crippen LogP contribution < -0.4 is 24.3 Å². The summed E-state index contributed by atoms with van der Waals surface area (Å²) in [5.74, 6) is 1.49. The van der Waals surface area contributed by atoms with E-state index in [1.807, 2.05) is 170 Å². The number of amides is 4. The molecule has 6 heterocycles. The lowest BCUT2D eigenvalue weighted by Gasteiger charge is -2.35. The Hall–Kier alpha value is -8.23.